The van der Waals surface area contributed by atoms with Gasteiger partial charge in [0.15, 0.2) is 5.12 Å². The van der Waals surface area contributed by atoms with Crippen LogP contribution < -0.4 is 0 Å². The first-order valence-electron chi connectivity index (χ1n) is 5.79. The second-order valence-electron chi connectivity index (χ2n) is 5.09. The summed E-state index contributed by atoms with van der Waals surface area (Å²) in [6, 6.07) is 9.13. The Kier molecular flexibility index (Phi) is 4.96. The Morgan fingerprint density at radius 3 is 2.22 bits per heavy atom. The number of thiol groups is 1. The van der Waals surface area contributed by atoms with Crippen LogP contribution in [0.15, 0.2) is 30.3 Å². The maximum absolute atomic E-state index is 11.7. The molecule has 0 N–H and O–H groups in total. The Balaban J connectivity index is 2.77. The SMILES string of the molecule is CC(C)(C)OC(=O)CC(C(=O)S)c1ccccc1. The van der Waals surface area contributed by atoms with Crippen LogP contribution in [0.1, 0.15) is 38.7 Å². The van der Waals surface area contributed by atoms with E-state index in [1.165, 1.54) is 0 Å². The minimum atomic E-state index is -0.551. The second kappa shape index (κ2) is 6.05. The van der Waals surface area contributed by atoms with Crippen LogP contribution in [0.25, 0.3) is 0 Å². The maximum Gasteiger partial charge on any atom is 0.307 e. The van der Waals surface area contributed by atoms with Crippen molar-refractivity contribution in [3.63, 3.8) is 0 Å². The lowest BCUT2D eigenvalue weighted by Gasteiger charge is -2.21. The first-order valence-corrected chi connectivity index (χ1v) is 6.24. The molecule has 98 valence electrons. The number of benzene rings is 1. The maximum atomic E-state index is 11.7. The lowest BCUT2D eigenvalue weighted by Crippen LogP contribution is -2.25. The Morgan fingerprint density at radius 1 is 1.22 bits per heavy atom. The van der Waals surface area contributed by atoms with Crippen molar-refractivity contribution >= 4 is 23.7 Å². The molecule has 0 saturated heterocycles. The van der Waals surface area contributed by atoms with E-state index in [1.807, 2.05) is 30.3 Å². The molecule has 0 radical (unpaired) electrons. The van der Waals surface area contributed by atoms with Crippen LogP contribution in [0.2, 0.25) is 0 Å². The lowest BCUT2D eigenvalue weighted by atomic mass is 9.97. The standard InChI is InChI=1S/C14H18O3S/c1-14(2,3)17-12(15)9-11(13(16)18)10-7-5-4-6-8-10/h4-8,11H,9H2,1-3H3,(H,16,18). The van der Waals surface area contributed by atoms with Gasteiger partial charge in [0.2, 0.25) is 0 Å². The summed E-state index contributed by atoms with van der Waals surface area (Å²) in [5.74, 6) is -0.942. The van der Waals surface area contributed by atoms with Gasteiger partial charge in [0.1, 0.15) is 5.60 Å². The molecule has 4 heteroatoms. The van der Waals surface area contributed by atoms with E-state index in [0.717, 1.165) is 5.56 Å². The van der Waals surface area contributed by atoms with Gasteiger partial charge in [-0.1, -0.05) is 30.3 Å². The Labute approximate surface area is 113 Å². The van der Waals surface area contributed by atoms with Gasteiger partial charge in [0.25, 0.3) is 0 Å². The quantitative estimate of drug-likeness (QED) is 0.673. The Morgan fingerprint density at radius 2 is 1.78 bits per heavy atom. The third-order valence-corrected chi connectivity index (χ3v) is 2.60. The van der Waals surface area contributed by atoms with Gasteiger partial charge in [-0.25, -0.2) is 0 Å². The average Bonchev–Trinajstić information content (AvgIpc) is 2.24. The molecule has 18 heavy (non-hydrogen) atoms. The largest absolute Gasteiger partial charge is 0.460 e. The van der Waals surface area contributed by atoms with Gasteiger partial charge in [-0.15, -0.1) is 12.6 Å². The van der Waals surface area contributed by atoms with Crippen LogP contribution in [0.4, 0.5) is 0 Å². The van der Waals surface area contributed by atoms with E-state index in [-0.39, 0.29) is 11.5 Å². The summed E-state index contributed by atoms with van der Waals surface area (Å²) in [5.41, 5.74) is 0.237. The molecule has 0 spiro atoms. The summed E-state index contributed by atoms with van der Waals surface area (Å²) < 4.78 is 5.21. The Bertz CT molecular complexity index is 420. The molecule has 0 heterocycles. The lowest BCUT2D eigenvalue weighted by molar-refractivity contribution is -0.155. The molecule has 0 saturated carbocycles. The molecule has 1 aromatic rings. The Hall–Kier alpha value is -1.29. The van der Waals surface area contributed by atoms with Crippen LogP contribution >= 0.6 is 12.6 Å². The first kappa shape index (κ1) is 14.8. The zero-order valence-corrected chi connectivity index (χ0v) is 11.7. The van der Waals surface area contributed by atoms with E-state index >= 15 is 0 Å². The molecule has 1 aromatic carbocycles. The van der Waals surface area contributed by atoms with Crippen molar-refractivity contribution in [2.24, 2.45) is 0 Å². The highest BCUT2D eigenvalue weighted by atomic mass is 32.1. The molecule has 1 unspecified atom stereocenters. The predicted octanol–water partition coefficient (Wildman–Crippen LogP) is 2.96. The number of ether oxygens (including phenoxy) is 1. The van der Waals surface area contributed by atoms with Crippen molar-refractivity contribution in [2.45, 2.75) is 38.7 Å². The molecular formula is C14H18O3S. The highest BCUT2D eigenvalue weighted by Crippen LogP contribution is 2.23. The van der Waals surface area contributed by atoms with Crippen molar-refractivity contribution in [3.8, 4) is 0 Å². The van der Waals surface area contributed by atoms with Crippen LogP contribution in [0.5, 0.6) is 0 Å². The fourth-order valence-corrected chi connectivity index (χ4v) is 1.82. The predicted molar refractivity (Wildman–Crippen MR) is 73.6 cm³/mol. The van der Waals surface area contributed by atoms with Crippen LogP contribution in [0.3, 0.4) is 0 Å². The third kappa shape index (κ3) is 4.92. The molecule has 0 amide bonds. The number of hydrogen-bond donors (Lipinski definition) is 1. The summed E-state index contributed by atoms with van der Waals surface area (Å²) in [7, 11) is 0. The normalized spacial score (nSPS) is 12.9. The minimum Gasteiger partial charge on any atom is -0.460 e. The smallest absolute Gasteiger partial charge is 0.307 e. The molecule has 0 aliphatic rings. The molecule has 1 rings (SSSR count). The molecule has 3 nitrogen and oxygen atoms in total. The van der Waals surface area contributed by atoms with Crippen molar-refractivity contribution in [1.82, 2.24) is 0 Å². The van der Waals surface area contributed by atoms with Crippen molar-refractivity contribution in [2.75, 3.05) is 0 Å². The van der Waals surface area contributed by atoms with E-state index in [4.69, 9.17) is 4.74 Å². The van der Waals surface area contributed by atoms with E-state index in [9.17, 15) is 9.59 Å². The minimum absolute atomic E-state index is 0.0175. The van der Waals surface area contributed by atoms with Gasteiger partial charge >= 0.3 is 5.97 Å². The molecule has 0 aromatic heterocycles. The van der Waals surface area contributed by atoms with Gasteiger partial charge in [-0.3, -0.25) is 9.59 Å². The fraction of sp³-hybridized carbons (Fsp3) is 0.429. The summed E-state index contributed by atoms with van der Waals surface area (Å²) in [6.07, 6.45) is 0.0175. The summed E-state index contributed by atoms with van der Waals surface area (Å²) in [5, 5.41) is -0.327. The highest BCUT2D eigenvalue weighted by molar-refractivity contribution is 7.96. The van der Waals surface area contributed by atoms with E-state index in [0.29, 0.717) is 0 Å². The summed E-state index contributed by atoms with van der Waals surface area (Å²) in [4.78, 5) is 23.2. The van der Waals surface area contributed by atoms with Crippen molar-refractivity contribution in [3.05, 3.63) is 35.9 Å². The van der Waals surface area contributed by atoms with E-state index < -0.39 is 17.5 Å². The van der Waals surface area contributed by atoms with Crippen LogP contribution in [-0.2, 0) is 14.3 Å². The average molecular weight is 266 g/mol. The second-order valence-corrected chi connectivity index (χ2v) is 5.53. The number of carbonyl (C=O) groups excluding carboxylic acids is 2. The zero-order valence-electron chi connectivity index (χ0n) is 10.8. The van der Waals surface area contributed by atoms with E-state index in [1.54, 1.807) is 20.8 Å². The summed E-state index contributed by atoms with van der Waals surface area (Å²) >= 11 is 3.84. The van der Waals surface area contributed by atoms with Gasteiger partial charge in [0.05, 0.1) is 12.3 Å². The fourth-order valence-electron chi connectivity index (χ4n) is 1.58. The van der Waals surface area contributed by atoms with Gasteiger partial charge < -0.3 is 4.74 Å². The van der Waals surface area contributed by atoms with Gasteiger partial charge in [-0.05, 0) is 26.3 Å². The number of rotatable bonds is 4. The molecular weight excluding hydrogens is 248 g/mol. The monoisotopic (exact) mass is 266 g/mol. The molecule has 0 fully saturated rings. The summed E-state index contributed by atoms with van der Waals surface area (Å²) in [6.45, 7) is 5.39. The number of carbonyl (C=O) groups is 2. The first-order chi connectivity index (χ1) is 8.29. The van der Waals surface area contributed by atoms with Crippen LogP contribution in [0, 0.1) is 0 Å². The molecule has 0 aliphatic carbocycles. The van der Waals surface area contributed by atoms with Crippen molar-refractivity contribution < 1.29 is 14.3 Å². The van der Waals surface area contributed by atoms with Gasteiger partial charge in [0, 0.05) is 0 Å². The third-order valence-electron chi connectivity index (χ3n) is 2.29. The highest BCUT2D eigenvalue weighted by Gasteiger charge is 2.24. The van der Waals surface area contributed by atoms with E-state index in [2.05, 4.69) is 12.6 Å². The van der Waals surface area contributed by atoms with Crippen LogP contribution in [-0.4, -0.2) is 16.7 Å². The molecule has 0 aliphatic heterocycles. The topological polar surface area (TPSA) is 43.4 Å². The number of esters is 1. The molecule has 0 bridgehead atoms. The number of hydrogen-bond acceptors (Lipinski definition) is 3. The zero-order chi connectivity index (χ0) is 13.8. The van der Waals surface area contributed by atoms with Crippen molar-refractivity contribution in [1.29, 1.82) is 0 Å². The van der Waals surface area contributed by atoms with Gasteiger partial charge in [-0.2, -0.15) is 0 Å². The molecule has 1 atom stereocenters.